The second-order valence-corrected chi connectivity index (χ2v) is 10.8. The standard InChI is InChI=1S/C33H60O4/c1-3-5-6-7-8-9-10-11-12-13-14-15-16-17-18-19-20-21-22-23-24-25-26-27-28-31(30-32(34)35)33(36)37-29-4-2/h4,16-17,31H,2-3,5-15,18-30H2,1H3,(H,34,35)/b17-16+. The lowest BCUT2D eigenvalue weighted by Crippen LogP contribution is -2.21. The normalized spacial score (nSPS) is 12.1. The molecular weight excluding hydrogens is 460 g/mol. The molecule has 0 rings (SSSR count). The van der Waals surface area contributed by atoms with Crippen molar-refractivity contribution in [1.29, 1.82) is 0 Å². The molecule has 0 aliphatic rings. The van der Waals surface area contributed by atoms with Gasteiger partial charge in [0.25, 0.3) is 0 Å². The Kier molecular flexibility index (Phi) is 27.7. The van der Waals surface area contributed by atoms with E-state index in [1.54, 1.807) is 0 Å². The van der Waals surface area contributed by atoms with Crippen molar-refractivity contribution in [3.63, 3.8) is 0 Å². The molecule has 0 amide bonds. The predicted molar refractivity (Wildman–Crippen MR) is 158 cm³/mol. The second kappa shape index (κ2) is 29.0. The van der Waals surface area contributed by atoms with Crippen molar-refractivity contribution in [2.75, 3.05) is 6.61 Å². The molecule has 0 radical (unpaired) electrons. The molecule has 216 valence electrons. The highest BCUT2D eigenvalue weighted by atomic mass is 16.5. The van der Waals surface area contributed by atoms with Gasteiger partial charge in [-0.3, -0.25) is 9.59 Å². The molecule has 0 aromatic heterocycles. The third-order valence-electron chi connectivity index (χ3n) is 7.16. The molecule has 0 spiro atoms. The van der Waals surface area contributed by atoms with E-state index in [9.17, 15) is 9.59 Å². The van der Waals surface area contributed by atoms with Gasteiger partial charge in [0.2, 0.25) is 0 Å². The molecule has 4 nitrogen and oxygen atoms in total. The van der Waals surface area contributed by atoms with Crippen LogP contribution < -0.4 is 0 Å². The molecule has 1 N–H and O–H groups in total. The van der Waals surface area contributed by atoms with E-state index in [-0.39, 0.29) is 13.0 Å². The minimum Gasteiger partial charge on any atom is -0.481 e. The van der Waals surface area contributed by atoms with E-state index in [2.05, 4.69) is 25.7 Å². The lowest BCUT2D eigenvalue weighted by molar-refractivity contribution is -0.152. The van der Waals surface area contributed by atoms with Gasteiger partial charge in [-0.25, -0.2) is 0 Å². The van der Waals surface area contributed by atoms with Gasteiger partial charge in [-0.05, 0) is 32.1 Å². The summed E-state index contributed by atoms with van der Waals surface area (Å²) in [6, 6.07) is 0. The molecule has 37 heavy (non-hydrogen) atoms. The molecule has 0 aliphatic carbocycles. The first-order chi connectivity index (χ1) is 18.1. The zero-order chi connectivity index (χ0) is 27.2. The maximum atomic E-state index is 12.0. The molecule has 0 fully saturated rings. The third-order valence-corrected chi connectivity index (χ3v) is 7.16. The van der Waals surface area contributed by atoms with Crippen LogP contribution in [0.1, 0.15) is 161 Å². The highest BCUT2D eigenvalue weighted by Crippen LogP contribution is 2.18. The summed E-state index contributed by atoms with van der Waals surface area (Å²) in [7, 11) is 0. The van der Waals surface area contributed by atoms with E-state index < -0.39 is 17.9 Å². The van der Waals surface area contributed by atoms with Crippen LogP contribution in [0.25, 0.3) is 0 Å². The van der Waals surface area contributed by atoms with Crippen LogP contribution in [0.2, 0.25) is 0 Å². The fraction of sp³-hybridized carbons (Fsp3) is 0.818. The minimum atomic E-state index is -0.944. The minimum absolute atomic E-state index is 0.144. The Balaban J connectivity index is 3.40. The van der Waals surface area contributed by atoms with Crippen molar-refractivity contribution < 1.29 is 19.4 Å². The van der Waals surface area contributed by atoms with E-state index in [1.807, 2.05) is 0 Å². The second-order valence-electron chi connectivity index (χ2n) is 10.8. The van der Waals surface area contributed by atoms with Gasteiger partial charge in [0, 0.05) is 0 Å². The van der Waals surface area contributed by atoms with Gasteiger partial charge >= 0.3 is 11.9 Å². The SMILES string of the molecule is C=CCOC(=O)C(CCCCCCCCCCC/C=C/CCCCCCCCCCCCC)CC(=O)O. The summed E-state index contributed by atoms with van der Waals surface area (Å²) in [6.07, 6.45) is 35.6. The predicted octanol–water partition coefficient (Wildman–Crippen LogP) is 10.4. The zero-order valence-electron chi connectivity index (χ0n) is 24.4. The van der Waals surface area contributed by atoms with E-state index in [1.165, 1.54) is 128 Å². The summed E-state index contributed by atoms with van der Waals surface area (Å²) in [5.74, 6) is -1.89. The number of hydrogen-bond acceptors (Lipinski definition) is 3. The number of allylic oxidation sites excluding steroid dienone is 2. The smallest absolute Gasteiger partial charge is 0.309 e. The van der Waals surface area contributed by atoms with Gasteiger partial charge < -0.3 is 9.84 Å². The van der Waals surface area contributed by atoms with E-state index in [4.69, 9.17) is 9.84 Å². The van der Waals surface area contributed by atoms with E-state index >= 15 is 0 Å². The number of carboxylic acid groups (broad SMARTS) is 1. The lowest BCUT2D eigenvalue weighted by Gasteiger charge is -2.13. The Morgan fingerprint density at radius 3 is 1.49 bits per heavy atom. The van der Waals surface area contributed by atoms with Crippen molar-refractivity contribution in [3.05, 3.63) is 24.8 Å². The lowest BCUT2D eigenvalue weighted by atomic mass is 9.97. The number of hydrogen-bond donors (Lipinski definition) is 1. The molecule has 0 saturated heterocycles. The molecule has 0 aromatic rings. The van der Waals surface area contributed by atoms with Gasteiger partial charge in [0.15, 0.2) is 0 Å². The summed E-state index contributed by atoms with van der Waals surface area (Å²) in [4.78, 5) is 23.0. The molecular formula is C33H60O4. The molecule has 0 saturated carbocycles. The van der Waals surface area contributed by atoms with Crippen LogP contribution in [0, 0.1) is 5.92 Å². The quantitative estimate of drug-likeness (QED) is 0.0605. The molecule has 0 aliphatic heterocycles. The molecule has 1 atom stereocenters. The maximum Gasteiger partial charge on any atom is 0.309 e. The van der Waals surface area contributed by atoms with Crippen LogP contribution in [0.3, 0.4) is 0 Å². The largest absolute Gasteiger partial charge is 0.481 e. The first-order valence-electron chi connectivity index (χ1n) is 15.8. The van der Waals surface area contributed by atoms with Gasteiger partial charge in [-0.1, -0.05) is 147 Å². The first-order valence-corrected chi connectivity index (χ1v) is 15.8. The summed E-state index contributed by atoms with van der Waals surface area (Å²) in [5.41, 5.74) is 0. The van der Waals surface area contributed by atoms with Crippen molar-refractivity contribution in [3.8, 4) is 0 Å². The number of aliphatic carboxylic acids is 1. The Morgan fingerprint density at radius 2 is 1.08 bits per heavy atom. The van der Waals surface area contributed by atoms with Crippen molar-refractivity contribution in [1.82, 2.24) is 0 Å². The number of esters is 1. The fourth-order valence-corrected chi connectivity index (χ4v) is 4.83. The Bertz CT molecular complexity index is 555. The Labute approximate surface area is 229 Å². The van der Waals surface area contributed by atoms with Crippen LogP contribution in [0.5, 0.6) is 0 Å². The van der Waals surface area contributed by atoms with Gasteiger partial charge in [-0.15, -0.1) is 0 Å². The topological polar surface area (TPSA) is 63.6 Å². The van der Waals surface area contributed by atoms with Gasteiger partial charge in [0.1, 0.15) is 6.61 Å². The first kappa shape index (κ1) is 35.4. The molecule has 0 bridgehead atoms. The zero-order valence-corrected chi connectivity index (χ0v) is 24.4. The number of ether oxygens (including phenoxy) is 1. The maximum absolute atomic E-state index is 12.0. The summed E-state index contributed by atoms with van der Waals surface area (Å²) < 4.78 is 5.03. The van der Waals surface area contributed by atoms with E-state index in [0.717, 1.165) is 19.3 Å². The van der Waals surface area contributed by atoms with Crippen LogP contribution in [-0.4, -0.2) is 23.7 Å². The summed E-state index contributed by atoms with van der Waals surface area (Å²) in [6.45, 7) is 5.95. The molecule has 0 aromatic carbocycles. The summed E-state index contributed by atoms with van der Waals surface area (Å²) >= 11 is 0. The number of unbranched alkanes of at least 4 members (excludes halogenated alkanes) is 20. The monoisotopic (exact) mass is 520 g/mol. The number of carbonyl (C=O) groups is 2. The molecule has 0 heterocycles. The Hall–Kier alpha value is -1.58. The molecule has 1 unspecified atom stereocenters. The van der Waals surface area contributed by atoms with Crippen LogP contribution in [0.4, 0.5) is 0 Å². The van der Waals surface area contributed by atoms with Gasteiger partial charge in [-0.2, -0.15) is 0 Å². The van der Waals surface area contributed by atoms with Crippen molar-refractivity contribution >= 4 is 11.9 Å². The van der Waals surface area contributed by atoms with E-state index in [0.29, 0.717) is 6.42 Å². The highest BCUT2D eigenvalue weighted by Gasteiger charge is 2.22. The number of carboxylic acids is 1. The summed E-state index contributed by atoms with van der Waals surface area (Å²) in [5, 5.41) is 9.01. The van der Waals surface area contributed by atoms with Crippen LogP contribution >= 0.6 is 0 Å². The average Bonchev–Trinajstić information content (AvgIpc) is 2.88. The van der Waals surface area contributed by atoms with Crippen LogP contribution in [0.15, 0.2) is 24.8 Å². The number of rotatable bonds is 29. The Morgan fingerprint density at radius 1 is 0.676 bits per heavy atom. The fourth-order valence-electron chi connectivity index (χ4n) is 4.83. The van der Waals surface area contributed by atoms with Crippen LogP contribution in [-0.2, 0) is 14.3 Å². The van der Waals surface area contributed by atoms with Gasteiger partial charge in [0.05, 0.1) is 12.3 Å². The highest BCUT2D eigenvalue weighted by molar-refractivity contribution is 5.79. The molecule has 4 heteroatoms. The third kappa shape index (κ3) is 27.3. The van der Waals surface area contributed by atoms with Crippen molar-refractivity contribution in [2.24, 2.45) is 5.92 Å². The van der Waals surface area contributed by atoms with Crippen molar-refractivity contribution in [2.45, 2.75) is 161 Å². The average molecular weight is 521 g/mol. The number of carbonyl (C=O) groups excluding carboxylic acids is 1.